The van der Waals surface area contributed by atoms with Crippen molar-refractivity contribution in [3.63, 3.8) is 0 Å². The van der Waals surface area contributed by atoms with Crippen LogP contribution in [0, 0.1) is 5.92 Å². The summed E-state index contributed by atoms with van der Waals surface area (Å²) in [6.07, 6.45) is 3.32. The first-order valence-electron chi connectivity index (χ1n) is 10.8. The van der Waals surface area contributed by atoms with Crippen LogP contribution in [0.2, 0.25) is 0 Å². The summed E-state index contributed by atoms with van der Waals surface area (Å²) in [7, 11) is -6.63. The van der Waals surface area contributed by atoms with Crippen LogP contribution >= 0.6 is 8.38 Å². The van der Waals surface area contributed by atoms with Crippen molar-refractivity contribution in [1.82, 2.24) is 15.4 Å². The van der Waals surface area contributed by atoms with Crippen molar-refractivity contribution in [3.05, 3.63) is 60.2 Å². The average molecular weight is 496 g/mol. The highest BCUT2D eigenvalue weighted by molar-refractivity contribution is 7.89. The maximum Gasteiger partial charge on any atom is 0.251 e. The number of ether oxygens (including phenoxy) is 1. The fourth-order valence-electron chi connectivity index (χ4n) is 3.53. The number of amides is 1. The van der Waals surface area contributed by atoms with Crippen LogP contribution in [-0.4, -0.2) is 56.1 Å². The van der Waals surface area contributed by atoms with Gasteiger partial charge in [0.1, 0.15) is 11.5 Å². The standard InChI is InChI=1S/C22H30N3O6PS/c26-22(18-6-8-19(9-7-18)31-15-12-17-10-13-23-14-11-17)24-16-21(32(27)28)25-33(29,30)20-4-2-1-3-5-20/h1-9,17,21,23,25,27-28H,10-16H2,(H,24,26)/t21-/m0/s1. The summed E-state index contributed by atoms with van der Waals surface area (Å²) in [4.78, 5) is 31.7. The summed E-state index contributed by atoms with van der Waals surface area (Å²) in [5.74, 6) is -0.376. The summed E-state index contributed by atoms with van der Waals surface area (Å²) in [6, 6.07) is 14.2. The first-order valence-corrected chi connectivity index (χ1v) is 13.6. The van der Waals surface area contributed by atoms with E-state index in [1.165, 1.54) is 12.1 Å². The molecule has 1 amide bonds. The van der Waals surface area contributed by atoms with Crippen LogP contribution in [0.4, 0.5) is 0 Å². The summed E-state index contributed by atoms with van der Waals surface area (Å²) >= 11 is 0. The summed E-state index contributed by atoms with van der Waals surface area (Å²) < 4.78 is 32.9. The highest BCUT2D eigenvalue weighted by Crippen LogP contribution is 2.30. The average Bonchev–Trinajstić information content (AvgIpc) is 2.83. The van der Waals surface area contributed by atoms with Gasteiger partial charge in [-0.15, -0.1) is 0 Å². The fourth-order valence-corrected chi connectivity index (χ4v) is 5.67. The molecule has 1 saturated heterocycles. The van der Waals surface area contributed by atoms with Crippen LogP contribution in [0.25, 0.3) is 0 Å². The largest absolute Gasteiger partial charge is 0.494 e. The number of piperidine rings is 1. The molecule has 0 radical (unpaired) electrons. The first kappa shape index (κ1) is 25.6. The molecule has 9 nitrogen and oxygen atoms in total. The van der Waals surface area contributed by atoms with E-state index < -0.39 is 30.1 Å². The third-order valence-corrected chi connectivity index (χ3v) is 7.98. The number of carbonyl (C=O) groups is 1. The Hall–Kier alpha value is -2.07. The number of hydrogen-bond donors (Lipinski definition) is 5. The van der Waals surface area contributed by atoms with E-state index in [4.69, 9.17) is 4.74 Å². The summed E-state index contributed by atoms with van der Waals surface area (Å²) in [5, 5.41) is 5.89. The Morgan fingerprint density at radius 1 is 1.09 bits per heavy atom. The molecule has 2 aromatic rings. The smallest absolute Gasteiger partial charge is 0.251 e. The number of benzene rings is 2. The second-order valence-electron chi connectivity index (χ2n) is 7.84. The molecule has 5 N–H and O–H groups in total. The molecule has 1 aliphatic heterocycles. The van der Waals surface area contributed by atoms with E-state index in [0.29, 0.717) is 23.8 Å². The van der Waals surface area contributed by atoms with Gasteiger partial charge in [0.25, 0.3) is 5.91 Å². The van der Waals surface area contributed by atoms with Crippen molar-refractivity contribution in [1.29, 1.82) is 0 Å². The molecule has 0 spiro atoms. The number of rotatable bonds is 11. The number of sulfonamides is 1. The minimum Gasteiger partial charge on any atom is -0.494 e. The molecule has 180 valence electrons. The van der Waals surface area contributed by atoms with Gasteiger partial charge in [0.05, 0.1) is 11.5 Å². The number of hydrogen-bond acceptors (Lipinski definition) is 7. The van der Waals surface area contributed by atoms with E-state index in [-0.39, 0.29) is 11.4 Å². The molecule has 3 rings (SSSR count). The van der Waals surface area contributed by atoms with Gasteiger partial charge in [0.15, 0.2) is 8.38 Å². The van der Waals surface area contributed by atoms with Crippen molar-refractivity contribution >= 4 is 24.3 Å². The van der Waals surface area contributed by atoms with Gasteiger partial charge in [-0.1, -0.05) is 18.2 Å². The third kappa shape index (κ3) is 8.03. The lowest BCUT2D eigenvalue weighted by Gasteiger charge is -2.22. The van der Waals surface area contributed by atoms with E-state index in [2.05, 4.69) is 15.4 Å². The Morgan fingerprint density at radius 3 is 2.39 bits per heavy atom. The highest BCUT2D eigenvalue weighted by Gasteiger charge is 2.26. The number of nitrogens with one attached hydrogen (secondary N) is 3. The maximum atomic E-state index is 12.4. The lowest BCUT2D eigenvalue weighted by molar-refractivity contribution is 0.0953. The molecule has 0 unspecified atom stereocenters. The molecular formula is C22H30N3O6PS. The van der Waals surface area contributed by atoms with E-state index >= 15 is 0 Å². The minimum absolute atomic E-state index is 0.00563. The topological polar surface area (TPSA) is 137 Å². The van der Waals surface area contributed by atoms with Gasteiger partial charge >= 0.3 is 0 Å². The lowest BCUT2D eigenvalue weighted by Crippen LogP contribution is -2.42. The number of carbonyl (C=O) groups excluding carboxylic acids is 1. The monoisotopic (exact) mass is 495 g/mol. The maximum absolute atomic E-state index is 12.4. The molecular weight excluding hydrogens is 465 g/mol. The van der Waals surface area contributed by atoms with Crippen molar-refractivity contribution in [3.8, 4) is 5.75 Å². The van der Waals surface area contributed by atoms with Crippen LogP contribution < -0.4 is 20.1 Å². The Kier molecular flexibility index (Phi) is 9.61. The predicted octanol–water partition coefficient (Wildman–Crippen LogP) is 1.79. The Bertz CT molecular complexity index is 983. The molecule has 1 aliphatic rings. The van der Waals surface area contributed by atoms with Crippen LogP contribution in [0.3, 0.4) is 0 Å². The van der Waals surface area contributed by atoms with E-state index in [1.807, 2.05) is 0 Å². The van der Waals surface area contributed by atoms with E-state index in [0.717, 1.165) is 32.4 Å². The van der Waals surface area contributed by atoms with Gasteiger partial charge in [0, 0.05) is 12.1 Å². The molecule has 0 aromatic heterocycles. The van der Waals surface area contributed by atoms with E-state index in [1.54, 1.807) is 42.5 Å². The predicted molar refractivity (Wildman–Crippen MR) is 126 cm³/mol. The lowest BCUT2D eigenvalue weighted by atomic mass is 9.95. The first-order chi connectivity index (χ1) is 15.8. The molecule has 1 fully saturated rings. The van der Waals surface area contributed by atoms with Gasteiger partial charge in [-0.05, 0) is 74.7 Å². The second-order valence-corrected chi connectivity index (χ2v) is 10.8. The van der Waals surface area contributed by atoms with Crippen molar-refractivity contribution in [2.75, 3.05) is 26.2 Å². The van der Waals surface area contributed by atoms with E-state index in [9.17, 15) is 23.0 Å². The van der Waals surface area contributed by atoms with Gasteiger partial charge < -0.3 is 25.2 Å². The Labute approximate surface area is 195 Å². The molecule has 1 atom stereocenters. The molecule has 1 heterocycles. The van der Waals surface area contributed by atoms with Gasteiger partial charge in [-0.2, -0.15) is 4.72 Å². The van der Waals surface area contributed by atoms with Crippen molar-refractivity contribution in [2.24, 2.45) is 5.92 Å². The SMILES string of the molecule is O=C(NC[C@@H](NS(=O)(=O)c1ccccc1)P(O)O)c1ccc(OCCC2CCNCC2)cc1. The molecule has 11 heteroatoms. The normalized spacial score (nSPS) is 15.8. The van der Waals surface area contributed by atoms with Crippen LogP contribution in [0.15, 0.2) is 59.5 Å². The fraction of sp³-hybridized carbons (Fsp3) is 0.409. The van der Waals surface area contributed by atoms with Gasteiger partial charge in [0.2, 0.25) is 10.0 Å². The zero-order valence-electron chi connectivity index (χ0n) is 18.2. The van der Waals surface area contributed by atoms with Gasteiger partial charge in [-0.25, -0.2) is 8.42 Å². The van der Waals surface area contributed by atoms with Crippen LogP contribution in [-0.2, 0) is 10.0 Å². The molecule has 33 heavy (non-hydrogen) atoms. The summed E-state index contributed by atoms with van der Waals surface area (Å²) in [6.45, 7) is 2.45. The van der Waals surface area contributed by atoms with Crippen LogP contribution in [0.5, 0.6) is 5.75 Å². The third-order valence-electron chi connectivity index (χ3n) is 5.45. The Morgan fingerprint density at radius 2 is 1.76 bits per heavy atom. The summed E-state index contributed by atoms with van der Waals surface area (Å²) in [5.41, 5.74) is 0.352. The highest BCUT2D eigenvalue weighted by atomic mass is 32.2. The molecule has 0 aliphatic carbocycles. The van der Waals surface area contributed by atoms with Crippen LogP contribution in [0.1, 0.15) is 29.6 Å². The van der Waals surface area contributed by atoms with Gasteiger partial charge in [-0.3, -0.25) is 4.79 Å². The van der Waals surface area contributed by atoms with Crippen molar-refractivity contribution < 1.29 is 27.7 Å². The molecule has 0 bridgehead atoms. The minimum atomic E-state index is -3.97. The second kappa shape index (κ2) is 12.4. The Balaban J connectivity index is 1.48. The zero-order chi connectivity index (χ0) is 23.7. The zero-order valence-corrected chi connectivity index (χ0v) is 19.9. The molecule has 0 saturated carbocycles. The quantitative estimate of drug-likeness (QED) is 0.300. The van der Waals surface area contributed by atoms with Crippen molar-refractivity contribution in [2.45, 2.75) is 29.9 Å². The molecule has 2 aromatic carbocycles.